The molecule has 0 aliphatic carbocycles. The number of nitriles is 1. The van der Waals surface area contributed by atoms with Crippen LogP contribution >= 0.6 is 0 Å². The fourth-order valence-corrected chi connectivity index (χ4v) is 1.38. The van der Waals surface area contributed by atoms with Gasteiger partial charge in [0.15, 0.2) is 0 Å². The highest BCUT2D eigenvalue weighted by Gasteiger charge is 2.34. The lowest BCUT2D eigenvalue weighted by Gasteiger charge is -2.16. The Labute approximate surface area is 97.0 Å². The van der Waals surface area contributed by atoms with Gasteiger partial charge in [0, 0.05) is 6.04 Å². The number of nitrogen functional groups attached to an aromatic ring is 1. The van der Waals surface area contributed by atoms with E-state index in [4.69, 9.17) is 11.0 Å². The summed E-state index contributed by atoms with van der Waals surface area (Å²) in [5.74, 6) is 0. The van der Waals surface area contributed by atoms with Crippen LogP contribution in [0.3, 0.4) is 0 Å². The van der Waals surface area contributed by atoms with Gasteiger partial charge in [0.1, 0.15) is 0 Å². The zero-order valence-electron chi connectivity index (χ0n) is 9.39. The van der Waals surface area contributed by atoms with Crippen molar-refractivity contribution in [1.29, 1.82) is 5.26 Å². The predicted octanol–water partition coefficient (Wildman–Crippen LogP) is 2.98. The lowest BCUT2D eigenvalue weighted by atomic mass is 10.1. The molecular weight excluding hydrogens is 231 g/mol. The van der Waals surface area contributed by atoms with Crippen LogP contribution in [0.25, 0.3) is 0 Å². The maximum Gasteiger partial charge on any atom is 0.417 e. The van der Waals surface area contributed by atoms with Crippen LogP contribution < -0.4 is 11.1 Å². The van der Waals surface area contributed by atoms with Crippen molar-refractivity contribution in [3.63, 3.8) is 0 Å². The molecule has 1 aromatic rings. The molecule has 0 atom stereocenters. The van der Waals surface area contributed by atoms with Crippen LogP contribution in [0.15, 0.2) is 12.1 Å². The number of rotatable bonds is 2. The first-order chi connectivity index (χ1) is 7.75. The van der Waals surface area contributed by atoms with E-state index >= 15 is 0 Å². The molecule has 92 valence electrons. The van der Waals surface area contributed by atoms with Gasteiger partial charge in [-0.2, -0.15) is 18.4 Å². The topological polar surface area (TPSA) is 61.8 Å². The molecule has 0 bridgehead atoms. The van der Waals surface area contributed by atoms with Gasteiger partial charge in [0.25, 0.3) is 0 Å². The smallest absolute Gasteiger partial charge is 0.397 e. The first-order valence-electron chi connectivity index (χ1n) is 4.93. The molecule has 3 nitrogen and oxygen atoms in total. The molecular formula is C11H12F3N3. The molecule has 0 fully saturated rings. The van der Waals surface area contributed by atoms with Crippen molar-refractivity contribution in [3.8, 4) is 6.07 Å². The number of alkyl halides is 3. The van der Waals surface area contributed by atoms with E-state index in [0.717, 1.165) is 12.1 Å². The minimum Gasteiger partial charge on any atom is -0.397 e. The standard InChI is InChI=1S/C11H12F3N3/c1-6(2)17-10-4-8(11(12,13)14)7(5-15)3-9(10)16/h3-4,6,17H,16H2,1-2H3. The Bertz CT molecular complexity index is 458. The molecule has 0 saturated heterocycles. The summed E-state index contributed by atoms with van der Waals surface area (Å²) < 4.78 is 38.0. The number of benzene rings is 1. The summed E-state index contributed by atoms with van der Waals surface area (Å²) in [7, 11) is 0. The van der Waals surface area contributed by atoms with Gasteiger partial charge in [-0.25, -0.2) is 0 Å². The molecule has 0 aliphatic heterocycles. The van der Waals surface area contributed by atoms with Crippen molar-refractivity contribution in [2.75, 3.05) is 11.1 Å². The Morgan fingerprint density at radius 1 is 1.35 bits per heavy atom. The minimum absolute atomic E-state index is 0.0497. The molecule has 0 heterocycles. The van der Waals surface area contributed by atoms with Gasteiger partial charge < -0.3 is 11.1 Å². The molecule has 1 aromatic carbocycles. The van der Waals surface area contributed by atoms with Gasteiger partial charge in [-0.3, -0.25) is 0 Å². The molecule has 17 heavy (non-hydrogen) atoms. The zero-order valence-corrected chi connectivity index (χ0v) is 9.39. The summed E-state index contributed by atoms with van der Waals surface area (Å²) in [6.07, 6.45) is -4.56. The molecule has 0 radical (unpaired) electrons. The molecule has 0 saturated carbocycles. The summed E-state index contributed by atoms with van der Waals surface area (Å²) in [6, 6.07) is 3.35. The van der Waals surface area contributed by atoms with Gasteiger partial charge in [-0.05, 0) is 26.0 Å². The number of hydrogen-bond donors (Lipinski definition) is 2. The average molecular weight is 243 g/mol. The minimum atomic E-state index is -4.56. The third-order valence-corrected chi connectivity index (χ3v) is 2.06. The Morgan fingerprint density at radius 2 is 1.94 bits per heavy atom. The molecule has 6 heteroatoms. The average Bonchev–Trinajstić information content (AvgIpc) is 2.18. The Morgan fingerprint density at radius 3 is 2.35 bits per heavy atom. The lowest BCUT2D eigenvalue weighted by Crippen LogP contribution is -2.14. The normalized spacial score (nSPS) is 11.4. The molecule has 0 spiro atoms. The molecule has 0 amide bonds. The largest absolute Gasteiger partial charge is 0.417 e. The Balaban J connectivity index is 3.34. The van der Waals surface area contributed by atoms with Crippen LogP contribution in [0.4, 0.5) is 24.5 Å². The zero-order chi connectivity index (χ0) is 13.2. The Kier molecular flexibility index (Phi) is 3.51. The van der Waals surface area contributed by atoms with E-state index in [1.807, 2.05) is 0 Å². The summed E-state index contributed by atoms with van der Waals surface area (Å²) in [4.78, 5) is 0. The molecule has 1 rings (SSSR count). The van der Waals surface area contributed by atoms with E-state index < -0.39 is 17.3 Å². The number of nitrogens with one attached hydrogen (secondary N) is 1. The SMILES string of the molecule is CC(C)Nc1cc(C(F)(F)F)c(C#N)cc1N. The number of halogens is 3. The van der Waals surface area contributed by atoms with Gasteiger partial charge in [0.05, 0.1) is 28.6 Å². The highest BCUT2D eigenvalue weighted by molar-refractivity contribution is 5.70. The quantitative estimate of drug-likeness (QED) is 0.785. The van der Waals surface area contributed by atoms with Crippen molar-refractivity contribution < 1.29 is 13.2 Å². The van der Waals surface area contributed by atoms with Crippen molar-refractivity contribution in [3.05, 3.63) is 23.3 Å². The van der Waals surface area contributed by atoms with Crippen molar-refractivity contribution in [1.82, 2.24) is 0 Å². The van der Waals surface area contributed by atoms with E-state index in [-0.39, 0.29) is 17.4 Å². The van der Waals surface area contributed by atoms with E-state index in [1.165, 1.54) is 6.07 Å². The third-order valence-electron chi connectivity index (χ3n) is 2.06. The van der Waals surface area contributed by atoms with E-state index in [9.17, 15) is 13.2 Å². The van der Waals surface area contributed by atoms with Crippen LogP contribution in [0.1, 0.15) is 25.0 Å². The first-order valence-corrected chi connectivity index (χ1v) is 4.93. The van der Waals surface area contributed by atoms with E-state index in [2.05, 4.69) is 5.32 Å². The van der Waals surface area contributed by atoms with Crippen molar-refractivity contribution in [2.45, 2.75) is 26.1 Å². The van der Waals surface area contributed by atoms with E-state index in [1.54, 1.807) is 13.8 Å². The number of nitrogens with zero attached hydrogens (tertiary/aromatic N) is 1. The number of hydrogen-bond acceptors (Lipinski definition) is 3. The fraction of sp³-hybridized carbons (Fsp3) is 0.364. The van der Waals surface area contributed by atoms with Crippen LogP contribution in [-0.4, -0.2) is 6.04 Å². The van der Waals surface area contributed by atoms with Crippen LogP contribution in [-0.2, 0) is 6.18 Å². The summed E-state index contributed by atoms with van der Waals surface area (Å²) in [6.45, 7) is 3.57. The van der Waals surface area contributed by atoms with E-state index in [0.29, 0.717) is 0 Å². The highest BCUT2D eigenvalue weighted by atomic mass is 19.4. The second-order valence-electron chi connectivity index (χ2n) is 3.89. The van der Waals surface area contributed by atoms with Crippen LogP contribution in [0, 0.1) is 11.3 Å². The second kappa shape index (κ2) is 4.53. The fourth-order valence-electron chi connectivity index (χ4n) is 1.38. The monoisotopic (exact) mass is 243 g/mol. The summed E-state index contributed by atoms with van der Waals surface area (Å²) in [5.41, 5.74) is 4.45. The third kappa shape index (κ3) is 3.03. The first kappa shape index (κ1) is 13.2. The summed E-state index contributed by atoms with van der Waals surface area (Å²) >= 11 is 0. The van der Waals surface area contributed by atoms with Crippen molar-refractivity contribution >= 4 is 11.4 Å². The highest BCUT2D eigenvalue weighted by Crippen LogP contribution is 2.36. The predicted molar refractivity (Wildman–Crippen MR) is 59.3 cm³/mol. The molecule has 0 unspecified atom stereocenters. The lowest BCUT2D eigenvalue weighted by molar-refractivity contribution is -0.137. The maximum atomic E-state index is 12.7. The van der Waals surface area contributed by atoms with Gasteiger partial charge in [-0.15, -0.1) is 0 Å². The number of nitrogens with two attached hydrogens (primary N) is 1. The molecule has 0 aliphatic rings. The maximum absolute atomic E-state index is 12.7. The molecule has 3 N–H and O–H groups in total. The Hall–Kier alpha value is -1.90. The van der Waals surface area contributed by atoms with Gasteiger partial charge >= 0.3 is 6.18 Å². The molecule has 0 aromatic heterocycles. The van der Waals surface area contributed by atoms with Crippen LogP contribution in [0.2, 0.25) is 0 Å². The number of anilines is 2. The van der Waals surface area contributed by atoms with Crippen LogP contribution in [0.5, 0.6) is 0 Å². The summed E-state index contributed by atoms with van der Waals surface area (Å²) in [5, 5.41) is 11.5. The van der Waals surface area contributed by atoms with Crippen molar-refractivity contribution in [2.24, 2.45) is 0 Å². The second-order valence-corrected chi connectivity index (χ2v) is 3.89. The van der Waals surface area contributed by atoms with Gasteiger partial charge in [-0.1, -0.05) is 0 Å². The van der Waals surface area contributed by atoms with Gasteiger partial charge in [0.2, 0.25) is 0 Å².